The predicted molar refractivity (Wildman–Crippen MR) is 75.6 cm³/mol. The van der Waals surface area contributed by atoms with Crippen LogP contribution in [0.15, 0.2) is 17.5 Å². The minimum Gasteiger partial charge on any atom is -0.334 e. The third-order valence-electron chi connectivity index (χ3n) is 3.42. The highest BCUT2D eigenvalue weighted by Crippen LogP contribution is 2.17. The molecule has 0 bridgehead atoms. The van der Waals surface area contributed by atoms with Gasteiger partial charge in [-0.2, -0.15) is 0 Å². The molecule has 1 atom stereocenters. The Labute approximate surface area is 113 Å². The zero-order valence-corrected chi connectivity index (χ0v) is 12.0. The molecule has 1 saturated heterocycles. The lowest BCUT2D eigenvalue weighted by atomic mass is 10.0. The Morgan fingerprint density at radius 1 is 1.56 bits per heavy atom. The number of rotatable bonds is 4. The van der Waals surface area contributed by atoms with Gasteiger partial charge in [-0.3, -0.25) is 4.79 Å². The van der Waals surface area contributed by atoms with Gasteiger partial charge >= 0.3 is 0 Å². The van der Waals surface area contributed by atoms with E-state index in [1.807, 2.05) is 11.0 Å². The van der Waals surface area contributed by atoms with Gasteiger partial charge in [0.25, 0.3) is 0 Å². The molecule has 1 aliphatic rings. The van der Waals surface area contributed by atoms with Crippen molar-refractivity contribution >= 4 is 17.2 Å². The smallest absolute Gasteiger partial charge is 0.240 e. The third-order valence-corrected chi connectivity index (χ3v) is 4.28. The molecule has 4 heteroatoms. The molecular weight excluding hydrogens is 244 g/mol. The van der Waals surface area contributed by atoms with E-state index in [0.717, 1.165) is 25.9 Å². The van der Waals surface area contributed by atoms with Crippen LogP contribution in [-0.4, -0.2) is 29.4 Å². The van der Waals surface area contributed by atoms with Crippen LogP contribution in [-0.2, 0) is 11.3 Å². The number of hydrogen-bond donors (Lipinski definition) is 1. The number of amides is 1. The average Bonchev–Trinajstić information content (AvgIpc) is 2.89. The lowest BCUT2D eigenvalue weighted by Crippen LogP contribution is -2.50. The summed E-state index contributed by atoms with van der Waals surface area (Å²) < 4.78 is 0. The number of thiophene rings is 1. The van der Waals surface area contributed by atoms with E-state index < -0.39 is 0 Å². The zero-order chi connectivity index (χ0) is 13.0. The summed E-state index contributed by atoms with van der Waals surface area (Å²) in [5, 5.41) is 5.41. The van der Waals surface area contributed by atoms with Crippen molar-refractivity contribution in [1.29, 1.82) is 0 Å². The number of hydrogen-bond acceptors (Lipinski definition) is 3. The summed E-state index contributed by atoms with van der Waals surface area (Å²) in [6, 6.07) is 4.42. The molecule has 1 fully saturated rings. The minimum atomic E-state index is 0.0288. The van der Waals surface area contributed by atoms with Gasteiger partial charge in [0, 0.05) is 10.9 Å². The van der Waals surface area contributed by atoms with Crippen LogP contribution >= 0.6 is 11.3 Å². The maximum atomic E-state index is 12.5. The van der Waals surface area contributed by atoms with E-state index in [-0.39, 0.29) is 18.0 Å². The maximum absolute atomic E-state index is 12.5. The number of nitrogens with one attached hydrogen (secondary N) is 1. The van der Waals surface area contributed by atoms with Crippen molar-refractivity contribution in [2.24, 2.45) is 0 Å². The van der Waals surface area contributed by atoms with Crippen LogP contribution in [0.25, 0.3) is 0 Å². The van der Waals surface area contributed by atoms with E-state index in [0.29, 0.717) is 0 Å². The first-order valence-corrected chi connectivity index (χ1v) is 7.62. The molecule has 2 rings (SSSR count). The fourth-order valence-corrected chi connectivity index (χ4v) is 3.05. The molecule has 1 N–H and O–H groups in total. The summed E-state index contributed by atoms with van der Waals surface area (Å²) in [5.74, 6) is 0.262. The highest BCUT2D eigenvalue weighted by molar-refractivity contribution is 7.09. The zero-order valence-electron chi connectivity index (χ0n) is 11.2. The van der Waals surface area contributed by atoms with Gasteiger partial charge in [-0.15, -0.1) is 11.3 Å². The molecule has 2 heterocycles. The van der Waals surface area contributed by atoms with Gasteiger partial charge in [-0.05, 0) is 44.7 Å². The van der Waals surface area contributed by atoms with Crippen LogP contribution in [0.3, 0.4) is 0 Å². The molecule has 18 heavy (non-hydrogen) atoms. The molecule has 0 unspecified atom stereocenters. The topological polar surface area (TPSA) is 32.3 Å². The Morgan fingerprint density at radius 3 is 2.94 bits per heavy atom. The van der Waals surface area contributed by atoms with Crippen molar-refractivity contribution in [3.63, 3.8) is 0 Å². The second kappa shape index (κ2) is 6.34. The Balaban J connectivity index is 2.02. The summed E-state index contributed by atoms with van der Waals surface area (Å²) >= 11 is 1.72. The molecule has 0 spiro atoms. The molecule has 0 aliphatic carbocycles. The van der Waals surface area contributed by atoms with Crippen LogP contribution < -0.4 is 5.32 Å². The predicted octanol–water partition coefficient (Wildman–Crippen LogP) is 2.63. The monoisotopic (exact) mass is 266 g/mol. The van der Waals surface area contributed by atoms with Gasteiger partial charge in [0.15, 0.2) is 0 Å². The standard InChI is InChI=1S/C14H22N2OS/c1-11(2)16(10-12-6-5-9-18-12)14(17)13-7-3-4-8-15-13/h5-6,9,11,13,15H,3-4,7-8,10H2,1-2H3/t13-/m1/s1. The second-order valence-corrected chi connectivity index (χ2v) is 6.17. The van der Waals surface area contributed by atoms with Gasteiger partial charge in [-0.25, -0.2) is 0 Å². The normalized spacial score (nSPS) is 20.1. The van der Waals surface area contributed by atoms with Gasteiger partial charge in [0.05, 0.1) is 12.6 Å². The molecule has 1 amide bonds. The molecule has 1 aromatic heterocycles. The van der Waals surface area contributed by atoms with E-state index >= 15 is 0 Å². The van der Waals surface area contributed by atoms with Gasteiger partial charge < -0.3 is 10.2 Å². The molecule has 0 saturated carbocycles. The number of nitrogens with zero attached hydrogens (tertiary/aromatic N) is 1. The first-order chi connectivity index (χ1) is 8.68. The minimum absolute atomic E-state index is 0.0288. The molecule has 100 valence electrons. The van der Waals surface area contributed by atoms with Crippen LogP contribution in [0.2, 0.25) is 0 Å². The van der Waals surface area contributed by atoms with E-state index in [4.69, 9.17) is 0 Å². The van der Waals surface area contributed by atoms with Crippen molar-refractivity contribution in [1.82, 2.24) is 10.2 Å². The molecule has 3 nitrogen and oxygen atoms in total. The molecule has 0 radical (unpaired) electrons. The van der Waals surface area contributed by atoms with E-state index in [2.05, 4.69) is 30.6 Å². The Bertz CT molecular complexity index is 369. The van der Waals surface area contributed by atoms with Crippen LogP contribution in [0.4, 0.5) is 0 Å². The fourth-order valence-electron chi connectivity index (χ4n) is 2.35. The highest BCUT2D eigenvalue weighted by atomic mass is 32.1. The largest absolute Gasteiger partial charge is 0.334 e. The van der Waals surface area contributed by atoms with Crippen molar-refractivity contribution in [2.75, 3.05) is 6.54 Å². The number of carbonyl (C=O) groups is 1. The Kier molecular flexibility index (Phi) is 4.78. The number of carbonyl (C=O) groups excluding carboxylic acids is 1. The van der Waals surface area contributed by atoms with Gasteiger partial charge in [0.1, 0.15) is 0 Å². The lowest BCUT2D eigenvalue weighted by Gasteiger charge is -2.32. The van der Waals surface area contributed by atoms with Crippen molar-refractivity contribution in [3.05, 3.63) is 22.4 Å². The Morgan fingerprint density at radius 2 is 2.39 bits per heavy atom. The van der Waals surface area contributed by atoms with Gasteiger partial charge in [0.2, 0.25) is 5.91 Å². The molecular formula is C14H22N2OS. The molecule has 0 aromatic carbocycles. The summed E-state index contributed by atoms with van der Waals surface area (Å²) in [4.78, 5) is 15.8. The summed E-state index contributed by atoms with van der Waals surface area (Å²) in [6.07, 6.45) is 3.33. The summed E-state index contributed by atoms with van der Waals surface area (Å²) in [5.41, 5.74) is 0. The van der Waals surface area contributed by atoms with E-state index in [1.54, 1.807) is 11.3 Å². The number of piperidine rings is 1. The maximum Gasteiger partial charge on any atom is 0.240 e. The molecule has 1 aliphatic heterocycles. The van der Waals surface area contributed by atoms with Crippen molar-refractivity contribution in [2.45, 2.75) is 51.7 Å². The quantitative estimate of drug-likeness (QED) is 0.908. The van der Waals surface area contributed by atoms with Crippen LogP contribution in [0.5, 0.6) is 0 Å². The van der Waals surface area contributed by atoms with Crippen molar-refractivity contribution in [3.8, 4) is 0 Å². The van der Waals surface area contributed by atoms with E-state index in [9.17, 15) is 4.79 Å². The third kappa shape index (κ3) is 3.33. The van der Waals surface area contributed by atoms with Gasteiger partial charge in [-0.1, -0.05) is 12.5 Å². The highest BCUT2D eigenvalue weighted by Gasteiger charge is 2.27. The molecule has 1 aromatic rings. The summed E-state index contributed by atoms with van der Waals surface area (Å²) in [6.45, 7) is 5.90. The SMILES string of the molecule is CC(C)N(Cc1cccs1)C(=O)[C@H]1CCCCN1. The van der Waals surface area contributed by atoms with Crippen LogP contribution in [0, 0.1) is 0 Å². The van der Waals surface area contributed by atoms with E-state index in [1.165, 1.54) is 11.3 Å². The lowest BCUT2D eigenvalue weighted by molar-refractivity contribution is -0.136. The summed E-state index contributed by atoms with van der Waals surface area (Å²) in [7, 11) is 0. The average molecular weight is 266 g/mol. The second-order valence-electron chi connectivity index (χ2n) is 5.14. The van der Waals surface area contributed by atoms with Crippen molar-refractivity contribution < 1.29 is 4.79 Å². The fraction of sp³-hybridized carbons (Fsp3) is 0.643. The first kappa shape index (κ1) is 13.6. The van der Waals surface area contributed by atoms with Crippen LogP contribution in [0.1, 0.15) is 38.0 Å². The first-order valence-electron chi connectivity index (χ1n) is 6.74. The Hall–Kier alpha value is -0.870.